The number of nitrogens with one attached hydrogen (secondary N) is 1. The Hall–Kier alpha value is -2.09. The molecule has 0 saturated heterocycles. The van der Waals surface area contributed by atoms with E-state index in [1.54, 1.807) is 11.0 Å². The molecule has 1 aromatic rings. The van der Waals surface area contributed by atoms with Gasteiger partial charge < -0.3 is 10.2 Å². The van der Waals surface area contributed by atoms with Crippen LogP contribution in [0.4, 0.5) is 10.1 Å². The van der Waals surface area contributed by atoms with Crippen LogP contribution in [0.25, 0.3) is 0 Å². The van der Waals surface area contributed by atoms with Gasteiger partial charge in [0.15, 0.2) is 0 Å². The summed E-state index contributed by atoms with van der Waals surface area (Å²) in [6.45, 7) is 6.33. The SMILES string of the molecule is CCN(CC(=O)NC(C)C)c1cc(F)cc(C#N)c1. The van der Waals surface area contributed by atoms with Gasteiger partial charge in [-0.1, -0.05) is 0 Å². The molecule has 4 nitrogen and oxygen atoms in total. The Morgan fingerprint density at radius 3 is 2.68 bits per heavy atom. The average molecular weight is 263 g/mol. The Morgan fingerprint density at radius 1 is 1.47 bits per heavy atom. The van der Waals surface area contributed by atoms with Crippen LogP contribution < -0.4 is 10.2 Å². The molecule has 102 valence electrons. The summed E-state index contributed by atoms with van der Waals surface area (Å²) in [6, 6.07) is 6.05. The highest BCUT2D eigenvalue weighted by Gasteiger charge is 2.12. The Morgan fingerprint density at radius 2 is 2.16 bits per heavy atom. The van der Waals surface area contributed by atoms with Crippen molar-refractivity contribution in [1.29, 1.82) is 5.26 Å². The van der Waals surface area contributed by atoms with Gasteiger partial charge in [0.05, 0.1) is 18.2 Å². The first-order chi connectivity index (χ1) is 8.96. The fourth-order valence-electron chi connectivity index (χ4n) is 1.75. The number of rotatable bonds is 5. The topological polar surface area (TPSA) is 56.1 Å². The Bertz CT molecular complexity index is 494. The van der Waals surface area contributed by atoms with Crippen LogP contribution in [0.15, 0.2) is 18.2 Å². The van der Waals surface area contributed by atoms with Gasteiger partial charge in [0.1, 0.15) is 5.82 Å². The lowest BCUT2D eigenvalue weighted by Gasteiger charge is -2.23. The summed E-state index contributed by atoms with van der Waals surface area (Å²) >= 11 is 0. The van der Waals surface area contributed by atoms with Gasteiger partial charge in [-0.15, -0.1) is 0 Å². The lowest BCUT2D eigenvalue weighted by Crippen LogP contribution is -2.40. The molecule has 1 N–H and O–H groups in total. The highest BCUT2D eigenvalue weighted by atomic mass is 19.1. The molecule has 0 radical (unpaired) electrons. The predicted octanol–water partition coefficient (Wildman–Crippen LogP) is 2.05. The minimum absolute atomic E-state index is 0.0633. The predicted molar refractivity (Wildman–Crippen MR) is 72.3 cm³/mol. The van der Waals surface area contributed by atoms with Crippen LogP contribution >= 0.6 is 0 Å². The van der Waals surface area contributed by atoms with E-state index < -0.39 is 5.82 Å². The van der Waals surface area contributed by atoms with E-state index in [9.17, 15) is 9.18 Å². The van der Waals surface area contributed by atoms with Crippen molar-refractivity contribution in [2.75, 3.05) is 18.0 Å². The number of carbonyl (C=O) groups is 1. The number of halogens is 1. The number of amides is 1. The van der Waals surface area contributed by atoms with Crippen LogP contribution in [0.5, 0.6) is 0 Å². The van der Waals surface area contributed by atoms with E-state index in [1.165, 1.54) is 12.1 Å². The van der Waals surface area contributed by atoms with Gasteiger partial charge in [0, 0.05) is 18.3 Å². The molecule has 0 saturated carbocycles. The molecule has 0 aliphatic heterocycles. The maximum atomic E-state index is 13.4. The zero-order valence-electron chi connectivity index (χ0n) is 11.4. The Balaban J connectivity index is 2.88. The Kier molecular flexibility index (Phi) is 5.31. The quantitative estimate of drug-likeness (QED) is 0.884. The van der Waals surface area contributed by atoms with Crippen molar-refractivity contribution in [3.63, 3.8) is 0 Å². The molecule has 0 bridgehead atoms. The molecule has 0 spiro atoms. The van der Waals surface area contributed by atoms with Gasteiger partial charge >= 0.3 is 0 Å². The van der Waals surface area contributed by atoms with E-state index >= 15 is 0 Å². The smallest absolute Gasteiger partial charge is 0.239 e. The summed E-state index contributed by atoms with van der Waals surface area (Å²) in [4.78, 5) is 13.4. The van der Waals surface area contributed by atoms with Crippen LogP contribution in [0.1, 0.15) is 26.3 Å². The molecule has 5 heteroatoms. The van der Waals surface area contributed by atoms with Crippen molar-refractivity contribution in [3.8, 4) is 6.07 Å². The van der Waals surface area contributed by atoms with Gasteiger partial charge in [-0.25, -0.2) is 4.39 Å². The summed E-state index contributed by atoms with van der Waals surface area (Å²) < 4.78 is 13.4. The van der Waals surface area contributed by atoms with Gasteiger partial charge in [-0.3, -0.25) is 4.79 Å². The first kappa shape index (κ1) is 15.0. The fraction of sp³-hybridized carbons (Fsp3) is 0.429. The second kappa shape index (κ2) is 6.74. The van der Waals surface area contributed by atoms with Crippen LogP contribution in [0.3, 0.4) is 0 Å². The van der Waals surface area contributed by atoms with Crippen LogP contribution in [-0.2, 0) is 4.79 Å². The summed E-state index contributed by atoms with van der Waals surface area (Å²) in [5, 5.41) is 11.6. The van der Waals surface area contributed by atoms with Crippen molar-refractivity contribution < 1.29 is 9.18 Å². The number of benzene rings is 1. The standard InChI is InChI=1S/C14H18FN3O/c1-4-18(9-14(19)17-10(2)3)13-6-11(8-16)5-12(15)7-13/h5-7,10H,4,9H2,1-3H3,(H,17,19). The third-order valence-corrected chi connectivity index (χ3v) is 2.54. The second-order valence-corrected chi connectivity index (χ2v) is 4.55. The van der Waals surface area contributed by atoms with Gasteiger partial charge in [0.2, 0.25) is 5.91 Å². The van der Waals surface area contributed by atoms with Crippen LogP contribution in [-0.4, -0.2) is 25.0 Å². The van der Waals surface area contributed by atoms with Crippen LogP contribution in [0.2, 0.25) is 0 Å². The summed E-state index contributed by atoms with van der Waals surface area (Å²) in [6.07, 6.45) is 0. The number of anilines is 1. The average Bonchev–Trinajstić information content (AvgIpc) is 2.34. The van der Waals surface area contributed by atoms with Gasteiger partial charge in [0.25, 0.3) is 0 Å². The molecule has 0 aliphatic rings. The van der Waals surface area contributed by atoms with Gasteiger partial charge in [-0.2, -0.15) is 5.26 Å². The Labute approximate surface area is 112 Å². The zero-order valence-corrected chi connectivity index (χ0v) is 11.4. The summed E-state index contributed by atoms with van der Waals surface area (Å²) in [5.74, 6) is -0.601. The largest absolute Gasteiger partial charge is 0.362 e. The van der Waals surface area contributed by atoms with Crippen LogP contribution in [0, 0.1) is 17.1 Å². The van der Waals surface area contributed by atoms with Crippen molar-refractivity contribution in [3.05, 3.63) is 29.6 Å². The molecule has 0 unspecified atom stereocenters. The van der Waals surface area contributed by atoms with E-state index in [2.05, 4.69) is 5.32 Å². The molecule has 0 aliphatic carbocycles. The highest BCUT2D eigenvalue weighted by Crippen LogP contribution is 2.18. The lowest BCUT2D eigenvalue weighted by atomic mass is 10.2. The molecule has 1 rings (SSSR count). The van der Waals surface area contributed by atoms with E-state index in [1.807, 2.05) is 26.8 Å². The van der Waals surface area contributed by atoms with Crippen molar-refractivity contribution in [1.82, 2.24) is 5.32 Å². The van der Waals surface area contributed by atoms with Crippen molar-refractivity contribution in [2.45, 2.75) is 26.8 Å². The molecule has 0 aromatic heterocycles. The zero-order chi connectivity index (χ0) is 14.4. The molecule has 0 atom stereocenters. The monoisotopic (exact) mass is 263 g/mol. The highest BCUT2D eigenvalue weighted by molar-refractivity contribution is 5.81. The third kappa shape index (κ3) is 4.59. The van der Waals surface area contributed by atoms with Crippen molar-refractivity contribution in [2.24, 2.45) is 0 Å². The first-order valence-corrected chi connectivity index (χ1v) is 6.21. The molecule has 1 amide bonds. The number of carbonyl (C=O) groups excluding carboxylic acids is 1. The second-order valence-electron chi connectivity index (χ2n) is 4.55. The van der Waals surface area contributed by atoms with E-state index in [4.69, 9.17) is 5.26 Å². The van der Waals surface area contributed by atoms with E-state index in [-0.39, 0.29) is 24.1 Å². The molecule has 0 heterocycles. The molecular weight excluding hydrogens is 245 g/mol. The number of nitrogens with zero attached hydrogens (tertiary/aromatic N) is 2. The number of likely N-dealkylation sites (N-methyl/N-ethyl adjacent to an activating group) is 1. The third-order valence-electron chi connectivity index (χ3n) is 2.54. The molecule has 1 aromatic carbocycles. The van der Waals surface area contributed by atoms with E-state index in [0.717, 1.165) is 0 Å². The summed E-state index contributed by atoms with van der Waals surface area (Å²) in [7, 11) is 0. The normalized spacial score (nSPS) is 10.1. The number of hydrogen-bond acceptors (Lipinski definition) is 3. The molecule has 19 heavy (non-hydrogen) atoms. The minimum Gasteiger partial charge on any atom is -0.362 e. The lowest BCUT2D eigenvalue weighted by molar-refractivity contribution is -0.120. The summed E-state index contributed by atoms with van der Waals surface area (Å²) in [5.41, 5.74) is 0.788. The molecule has 0 fully saturated rings. The minimum atomic E-state index is -0.475. The van der Waals surface area contributed by atoms with Gasteiger partial charge in [-0.05, 0) is 39.0 Å². The number of nitriles is 1. The fourth-order valence-corrected chi connectivity index (χ4v) is 1.75. The van der Waals surface area contributed by atoms with Crippen molar-refractivity contribution >= 4 is 11.6 Å². The molecular formula is C14H18FN3O. The number of hydrogen-bond donors (Lipinski definition) is 1. The first-order valence-electron chi connectivity index (χ1n) is 6.21. The maximum Gasteiger partial charge on any atom is 0.239 e. The van der Waals surface area contributed by atoms with E-state index in [0.29, 0.717) is 12.2 Å². The maximum absolute atomic E-state index is 13.4.